The molecule has 100 valence electrons. The van der Waals surface area contributed by atoms with E-state index in [0.29, 0.717) is 25.4 Å². The topological polar surface area (TPSA) is 53.4 Å². The van der Waals surface area contributed by atoms with Gasteiger partial charge in [-0.05, 0) is 32.6 Å². The van der Waals surface area contributed by atoms with E-state index >= 15 is 0 Å². The molecule has 0 spiro atoms. The number of hydrogen-bond donors (Lipinski definition) is 1. The van der Waals surface area contributed by atoms with Crippen LogP contribution in [-0.4, -0.2) is 40.1 Å². The number of hydrogen-bond acceptors (Lipinski definition) is 4. The zero-order valence-corrected chi connectivity index (χ0v) is 11.6. The summed E-state index contributed by atoms with van der Waals surface area (Å²) in [6.07, 6.45) is 4.48. The third-order valence-corrected chi connectivity index (χ3v) is 4.21. The average Bonchev–Trinajstić information content (AvgIpc) is 2.67. The van der Waals surface area contributed by atoms with Crippen molar-refractivity contribution in [3.8, 4) is 0 Å². The van der Waals surface area contributed by atoms with Crippen LogP contribution in [0.3, 0.4) is 0 Å². The van der Waals surface area contributed by atoms with Crippen molar-refractivity contribution in [1.82, 2.24) is 9.88 Å². The van der Waals surface area contributed by atoms with Gasteiger partial charge in [0.2, 0.25) is 5.91 Å². The van der Waals surface area contributed by atoms with Crippen molar-refractivity contribution in [2.45, 2.75) is 45.1 Å². The molecule has 1 aromatic rings. The quantitative estimate of drug-likeness (QED) is 0.855. The summed E-state index contributed by atoms with van der Waals surface area (Å²) >= 11 is 1.58. The molecule has 18 heavy (non-hydrogen) atoms. The third-order valence-electron chi connectivity index (χ3n) is 3.39. The summed E-state index contributed by atoms with van der Waals surface area (Å²) in [5, 5.41) is 11.9. The number of aliphatic hydroxyl groups excluding tert-OH is 1. The molecule has 1 N–H and O–H groups in total. The molecule has 0 unspecified atom stereocenters. The molecule has 1 saturated carbocycles. The summed E-state index contributed by atoms with van der Waals surface area (Å²) in [6.45, 7) is 2.77. The van der Waals surface area contributed by atoms with Crippen LogP contribution in [-0.2, 0) is 11.2 Å². The predicted octanol–water partition coefficient (Wildman–Crippen LogP) is 1.76. The number of carbonyl (C=O) groups is 1. The summed E-state index contributed by atoms with van der Waals surface area (Å²) in [6, 6.07) is 0.392. The van der Waals surface area contributed by atoms with Gasteiger partial charge in [-0.15, -0.1) is 11.3 Å². The Kier molecular flexibility index (Phi) is 4.72. The maximum atomic E-state index is 12.3. The Labute approximate surface area is 112 Å². The molecule has 4 nitrogen and oxygen atoms in total. The van der Waals surface area contributed by atoms with Crippen LogP contribution >= 0.6 is 11.3 Å². The number of rotatable bonds is 6. The first kappa shape index (κ1) is 13.5. The lowest BCUT2D eigenvalue weighted by atomic mass is 9.91. The fourth-order valence-corrected chi connectivity index (χ4v) is 2.81. The average molecular weight is 268 g/mol. The Balaban J connectivity index is 1.94. The van der Waals surface area contributed by atoms with Gasteiger partial charge in [0.1, 0.15) is 0 Å². The third kappa shape index (κ3) is 3.29. The van der Waals surface area contributed by atoms with Crippen LogP contribution in [0.5, 0.6) is 0 Å². The first-order valence-electron chi connectivity index (χ1n) is 6.52. The van der Waals surface area contributed by atoms with Gasteiger partial charge in [-0.2, -0.15) is 0 Å². The van der Waals surface area contributed by atoms with Crippen LogP contribution in [0.15, 0.2) is 5.38 Å². The first-order chi connectivity index (χ1) is 8.70. The highest BCUT2D eigenvalue weighted by Crippen LogP contribution is 2.25. The van der Waals surface area contributed by atoms with Gasteiger partial charge in [0.05, 0.1) is 17.1 Å². The normalized spacial score (nSPS) is 15.4. The number of nitrogens with zero attached hydrogens (tertiary/aromatic N) is 2. The van der Waals surface area contributed by atoms with E-state index in [4.69, 9.17) is 5.11 Å². The Morgan fingerprint density at radius 1 is 1.61 bits per heavy atom. The number of aromatic nitrogens is 1. The van der Waals surface area contributed by atoms with Crippen LogP contribution in [0.1, 0.15) is 36.4 Å². The molecule has 0 saturated heterocycles. The van der Waals surface area contributed by atoms with Gasteiger partial charge in [0, 0.05) is 24.6 Å². The number of amides is 1. The molecule has 0 aromatic carbocycles. The number of thiazole rings is 1. The number of aryl methyl sites for hydroxylation is 1. The predicted molar refractivity (Wildman–Crippen MR) is 71.6 cm³/mol. The van der Waals surface area contributed by atoms with Crippen molar-refractivity contribution in [2.75, 3.05) is 13.2 Å². The molecule has 1 heterocycles. The Hall–Kier alpha value is -0.940. The molecule has 1 aliphatic carbocycles. The number of carbonyl (C=O) groups excluding carboxylic acids is 1. The molecule has 2 rings (SSSR count). The van der Waals surface area contributed by atoms with E-state index in [9.17, 15) is 4.79 Å². The molecule has 1 aliphatic rings. The summed E-state index contributed by atoms with van der Waals surface area (Å²) in [5.41, 5.74) is 0.871. The van der Waals surface area contributed by atoms with E-state index in [1.165, 1.54) is 6.42 Å². The van der Waals surface area contributed by atoms with Gasteiger partial charge in [-0.1, -0.05) is 0 Å². The second kappa shape index (κ2) is 6.29. The maximum Gasteiger partial charge on any atom is 0.228 e. The minimum absolute atomic E-state index is 0.145. The van der Waals surface area contributed by atoms with Crippen LogP contribution in [0.2, 0.25) is 0 Å². The molecule has 0 bridgehead atoms. The van der Waals surface area contributed by atoms with Crippen LogP contribution in [0.25, 0.3) is 0 Å². The first-order valence-corrected chi connectivity index (χ1v) is 7.40. The van der Waals surface area contributed by atoms with Crippen LogP contribution in [0.4, 0.5) is 0 Å². The molecule has 1 aromatic heterocycles. The Bertz CT molecular complexity index is 401. The fourth-order valence-electron chi connectivity index (χ4n) is 2.20. The smallest absolute Gasteiger partial charge is 0.228 e. The van der Waals surface area contributed by atoms with Gasteiger partial charge >= 0.3 is 0 Å². The summed E-state index contributed by atoms with van der Waals surface area (Å²) in [5.74, 6) is 0.151. The van der Waals surface area contributed by atoms with Gasteiger partial charge < -0.3 is 10.0 Å². The van der Waals surface area contributed by atoms with Gasteiger partial charge in [0.25, 0.3) is 0 Å². The van der Waals surface area contributed by atoms with E-state index in [1.54, 1.807) is 11.3 Å². The van der Waals surface area contributed by atoms with E-state index in [1.807, 2.05) is 17.2 Å². The zero-order valence-electron chi connectivity index (χ0n) is 10.8. The highest BCUT2D eigenvalue weighted by atomic mass is 32.1. The van der Waals surface area contributed by atoms with Crippen molar-refractivity contribution >= 4 is 17.2 Å². The summed E-state index contributed by atoms with van der Waals surface area (Å²) < 4.78 is 0. The van der Waals surface area contributed by atoms with Crippen molar-refractivity contribution in [3.63, 3.8) is 0 Å². The van der Waals surface area contributed by atoms with Crippen molar-refractivity contribution in [1.29, 1.82) is 0 Å². The monoisotopic (exact) mass is 268 g/mol. The molecule has 1 amide bonds. The van der Waals surface area contributed by atoms with Gasteiger partial charge in [0.15, 0.2) is 0 Å². The zero-order chi connectivity index (χ0) is 13.0. The van der Waals surface area contributed by atoms with Crippen molar-refractivity contribution in [3.05, 3.63) is 16.1 Å². The van der Waals surface area contributed by atoms with Crippen LogP contribution < -0.4 is 0 Å². The standard InChI is InChI=1S/C13H20N2O2S/c1-10-14-11(9-18-10)8-13(17)15(6-3-7-16)12-4-2-5-12/h9,12,16H,2-8H2,1H3. The fraction of sp³-hybridized carbons (Fsp3) is 0.692. The summed E-state index contributed by atoms with van der Waals surface area (Å²) in [7, 11) is 0. The number of aliphatic hydroxyl groups is 1. The second-order valence-corrected chi connectivity index (χ2v) is 5.85. The van der Waals surface area contributed by atoms with E-state index in [0.717, 1.165) is 23.5 Å². The molecular weight excluding hydrogens is 248 g/mol. The highest BCUT2D eigenvalue weighted by Gasteiger charge is 2.28. The minimum Gasteiger partial charge on any atom is -0.396 e. The van der Waals surface area contributed by atoms with Gasteiger partial charge in [-0.25, -0.2) is 4.98 Å². The van der Waals surface area contributed by atoms with E-state index < -0.39 is 0 Å². The molecule has 5 heteroatoms. The Morgan fingerprint density at radius 3 is 2.89 bits per heavy atom. The minimum atomic E-state index is 0.145. The Morgan fingerprint density at radius 2 is 2.39 bits per heavy atom. The SMILES string of the molecule is Cc1nc(CC(=O)N(CCCO)C2CCC2)cs1. The van der Waals surface area contributed by atoms with Gasteiger partial charge in [-0.3, -0.25) is 4.79 Å². The summed E-state index contributed by atoms with van der Waals surface area (Å²) in [4.78, 5) is 18.5. The molecule has 0 atom stereocenters. The lowest BCUT2D eigenvalue weighted by Crippen LogP contribution is -2.45. The molecule has 0 aliphatic heterocycles. The second-order valence-electron chi connectivity index (χ2n) is 4.78. The lowest BCUT2D eigenvalue weighted by molar-refractivity contribution is -0.134. The lowest BCUT2D eigenvalue weighted by Gasteiger charge is -2.37. The highest BCUT2D eigenvalue weighted by molar-refractivity contribution is 7.09. The maximum absolute atomic E-state index is 12.3. The molecular formula is C13H20N2O2S. The molecule has 1 fully saturated rings. The van der Waals surface area contributed by atoms with Crippen molar-refractivity contribution < 1.29 is 9.90 Å². The molecule has 0 radical (unpaired) electrons. The van der Waals surface area contributed by atoms with Crippen LogP contribution in [0, 0.1) is 6.92 Å². The van der Waals surface area contributed by atoms with E-state index in [2.05, 4.69) is 4.98 Å². The van der Waals surface area contributed by atoms with E-state index in [-0.39, 0.29) is 12.5 Å². The largest absolute Gasteiger partial charge is 0.396 e. The van der Waals surface area contributed by atoms with Crippen molar-refractivity contribution in [2.24, 2.45) is 0 Å².